The molecule has 0 amide bonds. The lowest BCUT2D eigenvalue weighted by Gasteiger charge is -2.03. The molecule has 0 spiro atoms. The zero-order chi connectivity index (χ0) is 14.8. The van der Waals surface area contributed by atoms with Gasteiger partial charge in [0.05, 0.1) is 17.0 Å². The molecular weight excluding hydrogens is 284 g/mol. The van der Waals surface area contributed by atoms with Gasteiger partial charge in [0.2, 0.25) is 0 Å². The molecule has 0 fully saturated rings. The molecule has 2 heterocycles. The van der Waals surface area contributed by atoms with Gasteiger partial charge in [-0.1, -0.05) is 29.8 Å². The van der Waals surface area contributed by atoms with E-state index in [-0.39, 0.29) is 5.56 Å². The lowest BCUT2D eigenvalue weighted by molar-refractivity contribution is 0.996. The summed E-state index contributed by atoms with van der Waals surface area (Å²) >= 11 is 1.46. The van der Waals surface area contributed by atoms with E-state index in [0.29, 0.717) is 11.3 Å². The van der Waals surface area contributed by atoms with E-state index in [1.54, 1.807) is 13.1 Å². The van der Waals surface area contributed by atoms with Crippen LogP contribution in [0.3, 0.4) is 0 Å². The Morgan fingerprint density at radius 3 is 2.62 bits per heavy atom. The molecule has 0 saturated carbocycles. The number of rotatable bonds is 3. The number of benzene rings is 1. The minimum absolute atomic E-state index is 0.237. The fourth-order valence-electron chi connectivity index (χ4n) is 1.98. The molecule has 0 atom stereocenters. The predicted molar refractivity (Wildman–Crippen MR) is 85.7 cm³/mol. The van der Waals surface area contributed by atoms with Gasteiger partial charge in [0, 0.05) is 18.0 Å². The van der Waals surface area contributed by atoms with Crippen molar-refractivity contribution < 1.29 is 0 Å². The zero-order valence-electron chi connectivity index (χ0n) is 11.7. The third kappa shape index (κ3) is 2.71. The number of nitrogens with zero attached hydrogens (tertiary/aromatic N) is 2. The Morgan fingerprint density at radius 1 is 1.19 bits per heavy atom. The molecule has 2 N–H and O–H groups in total. The predicted octanol–water partition coefficient (Wildman–Crippen LogP) is 2.91. The highest BCUT2D eigenvalue weighted by Gasteiger charge is 2.10. The third-order valence-electron chi connectivity index (χ3n) is 3.14. The molecule has 5 nitrogen and oxygen atoms in total. The van der Waals surface area contributed by atoms with Gasteiger partial charge in [0.1, 0.15) is 0 Å². The average Bonchev–Trinajstić information content (AvgIpc) is 2.97. The second-order valence-corrected chi connectivity index (χ2v) is 5.51. The highest BCUT2D eigenvalue weighted by atomic mass is 32.1. The van der Waals surface area contributed by atoms with E-state index < -0.39 is 0 Å². The van der Waals surface area contributed by atoms with Crippen LogP contribution in [0.4, 0.5) is 5.13 Å². The van der Waals surface area contributed by atoms with Gasteiger partial charge in [-0.2, -0.15) is 5.10 Å². The fraction of sp³-hybridized carbons (Fsp3) is 0.133. The van der Waals surface area contributed by atoms with Crippen LogP contribution in [0.1, 0.15) is 5.56 Å². The van der Waals surface area contributed by atoms with Crippen molar-refractivity contribution in [1.29, 1.82) is 0 Å². The van der Waals surface area contributed by atoms with Crippen LogP contribution < -0.4 is 10.9 Å². The molecule has 3 rings (SSSR count). The summed E-state index contributed by atoms with van der Waals surface area (Å²) < 4.78 is 0. The van der Waals surface area contributed by atoms with Crippen LogP contribution in [0.2, 0.25) is 0 Å². The summed E-state index contributed by atoms with van der Waals surface area (Å²) in [5.74, 6) is 0. The molecule has 0 aliphatic rings. The maximum absolute atomic E-state index is 12.0. The number of anilines is 1. The second-order valence-electron chi connectivity index (χ2n) is 4.65. The van der Waals surface area contributed by atoms with E-state index in [1.165, 1.54) is 16.9 Å². The maximum Gasteiger partial charge on any atom is 0.273 e. The molecule has 2 aromatic heterocycles. The van der Waals surface area contributed by atoms with Gasteiger partial charge in [-0.25, -0.2) is 10.1 Å². The van der Waals surface area contributed by atoms with Gasteiger partial charge in [-0.05, 0) is 13.0 Å². The van der Waals surface area contributed by atoms with Gasteiger partial charge in [0.25, 0.3) is 5.56 Å². The fourth-order valence-corrected chi connectivity index (χ4v) is 2.65. The summed E-state index contributed by atoms with van der Waals surface area (Å²) in [6, 6.07) is 9.78. The van der Waals surface area contributed by atoms with Crippen LogP contribution in [0.25, 0.3) is 22.5 Å². The van der Waals surface area contributed by atoms with Crippen molar-refractivity contribution in [2.75, 3.05) is 12.4 Å². The number of hydrogen-bond acceptors (Lipinski definition) is 5. The van der Waals surface area contributed by atoms with E-state index in [0.717, 1.165) is 16.4 Å². The quantitative estimate of drug-likeness (QED) is 0.780. The Kier molecular flexibility index (Phi) is 3.53. The van der Waals surface area contributed by atoms with Crippen LogP contribution in [0.15, 0.2) is 40.5 Å². The molecule has 0 radical (unpaired) electrons. The summed E-state index contributed by atoms with van der Waals surface area (Å²) in [5.41, 5.74) is 3.81. The van der Waals surface area contributed by atoms with Crippen molar-refractivity contribution in [2.24, 2.45) is 0 Å². The van der Waals surface area contributed by atoms with Crippen molar-refractivity contribution in [2.45, 2.75) is 6.92 Å². The van der Waals surface area contributed by atoms with Crippen LogP contribution in [0, 0.1) is 6.92 Å². The molecule has 3 aromatic rings. The minimum atomic E-state index is -0.237. The Bertz CT molecular complexity index is 820. The highest BCUT2D eigenvalue weighted by molar-refractivity contribution is 7.14. The first-order valence-corrected chi connectivity index (χ1v) is 7.36. The van der Waals surface area contributed by atoms with Crippen LogP contribution in [0.5, 0.6) is 0 Å². The largest absolute Gasteiger partial charge is 0.365 e. The van der Waals surface area contributed by atoms with Crippen LogP contribution in [-0.2, 0) is 0 Å². The van der Waals surface area contributed by atoms with E-state index in [1.807, 2.05) is 36.6 Å². The molecule has 0 saturated heterocycles. The zero-order valence-corrected chi connectivity index (χ0v) is 12.5. The Labute approximate surface area is 125 Å². The van der Waals surface area contributed by atoms with Crippen molar-refractivity contribution >= 4 is 16.5 Å². The number of aryl methyl sites for hydroxylation is 1. The number of thiazole rings is 1. The minimum Gasteiger partial charge on any atom is -0.365 e. The van der Waals surface area contributed by atoms with E-state index in [4.69, 9.17) is 0 Å². The van der Waals surface area contributed by atoms with Gasteiger partial charge in [-0.15, -0.1) is 11.3 Å². The summed E-state index contributed by atoms with van der Waals surface area (Å²) in [7, 11) is 1.80. The van der Waals surface area contributed by atoms with E-state index in [9.17, 15) is 4.79 Å². The lowest BCUT2D eigenvalue weighted by atomic mass is 10.1. The third-order valence-corrected chi connectivity index (χ3v) is 4.00. The molecule has 6 heteroatoms. The standard InChI is InChI=1S/C15H14N4OS/c1-9-3-5-10(6-4-9)12-7-11(14(20)19-18-12)13-8-21-15(16-2)17-13/h3-8H,1-2H3,(H,16,17)(H,19,20). The van der Waals surface area contributed by atoms with Gasteiger partial charge in [-0.3, -0.25) is 4.79 Å². The Hall–Kier alpha value is -2.47. The Balaban J connectivity index is 2.07. The van der Waals surface area contributed by atoms with E-state index >= 15 is 0 Å². The second kappa shape index (κ2) is 5.49. The number of H-pyrrole nitrogens is 1. The van der Waals surface area contributed by atoms with Crippen molar-refractivity contribution in [3.63, 3.8) is 0 Å². The molecule has 0 aliphatic heterocycles. The summed E-state index contributed by atoms with van der Waals surface area (Å²) in [6.07, 6.45) is 0. The normalized spacial score (nSPS) is 10.6. The molecule has 0 aliphatic carbocycles. The number of hydrogen-bond donors (Lipinski definition) is 2. The number of nitrogens with one attached hydrogen (secondary N) is 2. The van der Waals surface area contributed by atoms with Crippen molar-refractivity contribution in [1.82, 2.24) is 15.2 Å². The molecule has 1 aromatic carbocycles. The lowest BCUT2D eigenvalue weighted by Crippen LogP contribution is -2.11. The molecule has 0 bridgehead atoms. The first kappa shape index (κ1) is 13.5. The summed E-state index contributed by atoms with van der Waals surface area (Å²) in [4.78, 5) is 16.3. The first-order chi connectivity index (χ1) is 10.2. The summed E-state index contributed by atoms with van der Waals surface area (Å²) in [6.45, 7) is 2.03. The van der Waals surface area contributed by atoms with Gasteiger partial charge >= 0.3 is 0 Å². The average molecular weight is 298 g/mol. The smallest absolute Gasteiger partial charge is 0.273 e. The SMILES string of the molecule is CNc1nc(-c2cc(-c3ccc(C)cc3)n[nH]c2=O)cs1. The topological polar surface area (TPSA) is 70.7 Å². The first-order valence-electron chi connectivity index (χ1n) is 6.48. The molecule has 21 heavy (non-hydrogen) atoms. The summed E-state index contributed by atoms with van der Waals surface area (Å²) in [5, 5.41) is 12.3. The molecule has 106 valence electrons. The maximum atomic E-state index is 12.0. The van der Waals surface area contributed by atoms with E-state index in [2.05, 4.69) is 20.5 Å². The number of aromatic amines is 1. The molecule has 0 unspecified atom stereocenters. The Morgan fingerprint density at radius 2 is 1.95 bits per heavy atom. The van der Waals surface area contributed by atoms with Crippen molar-refractivity contribution in [3.8, 4) is 22.5 Å². The number of aromatic nitrogens is 3. The van der Waals surface area contributed by atoms with Crippen molar-refractivity contribution in [3.05, 3.63) is 51.6 Å². The van der Waals surface area contributed by atoms with Gasteiger partial charge in [0.15, 0.2) is 5.13 Å². The van der Waals surface area contributed by atoms with Crippen LogP contribution >= 0.6 is 11.3 Å². The monoisotopic (exact) mass is 298 g/mol. The van der Waals surface area contributed by atoms with Gasteiger partial charge < -0.3 is 5.32 Å². The molecular formula is C15H14N4OS. The highest BCUT2D eigenvalue weighted by Crippen LogP contribution is 2.24. The van der Waals surface area contributed by atoms with Crippen LogP contribution in [-0.4, -0.2) is 22.2 Å².